The summed E-state index contributed by atoms with van der Waals surface area (Å²) in [7, 11) is 0. The Morgan fingerprint density at radius 1 is 1.50 bits per heavy atom. The normalized spacial score (nSPS) is 12.1. The molecule has 1 aromatic rings. The first kappa shape index (κ1) is 11.1. The molecule has 1 aromatic carbocycles. The van der Waals surface area contributed by atoms with Crippen molar-refractivity contribution in [2.75, 3.05) is 5.75 Å². The van der Waals surface area contributed by atoms with Gasteiger partial charge >= 0.3 is 0 Å². The van der Waals surface area contributed by atoms with Gasteiger partial charge in [-0.1, -0.05) is 37.3 Å². The highest BCUT2D eigenvalue weighted by Crippen LogP contribution is 2.28. The number of nitrogens with two attached hydrogens (primary N) is 1. The fourth-order valence-electron chi connectivity index (χ4n) is 1.19. The fraction of sp³-hybridized carbons (Fsp3) is 0.300. The molecule has 0 saturated carbocycles. The Morgan fingerprint density at radius 2 is 2.14 bits per heavy atom. The summed E-state index contributed by atoms with van der Waals surface area (Å²) in [6, 6.07) is 9.63. The summed E-state index contributed by atoms with van der Waals surface area (Å²) in [6.07, 6.45) is 0. The lowest BCUT2D eigenvalue weighted by molar-refractivity contribution is -0.120. The number of amides is 1. The summed E-state index contributed by atoms with van der Waals surface area (Å²) in [4.78, 5) is 11.4. The molecule has 0 aliphatic heterocycles. The van der Waals surface area contributed by atoms with Crippen molar-refractivity contribution in [2.24, 2.45) is 5.84 Å². The van der Waals surface area contributed by atoms with E-state index in [1.165, 1.54) is 0 Å². The van der Waals surface area contributed by atoms with Crippen LogP contribution >= 0.6 is 11.8 Å². The second-order valence-electron chi connectivity index (χ2n) is 2.75. The van der Waals surface area contributed by atoms with Crippen LogP contribution in [0.3, 0.4) is 0 Å². The molecule has 76 valence electrons. The maximum absolute atomic E-state index is 11.4. The third kappa shape index (κ3) is 2.75. The van der Waals surface area contributed by atoms with E-state index in [1.54, 1.807) is 11.8 Å². The average Bonchev–Trinajstić information content (AvgIpc) is 2.26. The minimum atomic E-state index is -0.203. The van der Waals surface area contributed by atoms with Crippen LogP contribution in [0.15, 0.2) is 30.3 Å². The molecule has 0 spiro atoms. The van der Waals surface area contributed by atoms with E-state index in [0.717, 1.165) is 11.3 Å². The molecule has 0 bridgehead atoms. The van der Waals surface area contributed by atoms with Crippen LogP contribution in [0, 0.1) is 0 Å². The van der Waals surface area contributed by atoms with Gasteiger partial charge in [-0.25, -0.2) is 5.84 Å². The van der Waals surface area contributed by atoms with Gasteiger partial charge in [0, 0.05) is 0 Å². The maximum Gasteiger partial charge on any atom is 0.251 e. The fourth-order valence-corrected chi connectivity index (χ4v) is 2.10. The zero-order valence-corrected chi connectivity index (χ0v) is 8.88. The topological polar surface area (TPSA) is 55.1 Å². The summed E-state index contributed by atoms with van der Waals surface area (Å²) < 4.78 is 0. The van der Waals surface area contributed by atoms with Crippen LogP contribution < -0.4 is 11.3 Å². The van der Waals surface area contributed by atoms with E-state index in [0.29, 0.717) is 0 Å². The van der Waals surface area contributed by atoms with Crippen LogP contribution in [0.2, 0.25) is 0 Å². The molecule has 1 atom stereocenters. The summed E-state index contributed by atoms with van der Waals surface area (Å²) >= 11 is 1.57. The van der Waals surface area contributed by atoms with E-state index < -0.39 is 0 Å². The highest BCUT2D eigenvalue weighted by molar-refractivity contribution is 8.00. The van der Waals surface area contributed by atoms with Crippen LogP contribution in [0.5, 0.6) is 0 Å². The summed E-state index contributed by atoms with van der Waals surface area (Å²) in [5.74, 6) is 5.86. The molecule has 3 nitrogen and oxygen atoms in total. The van der Waals surface area contributed by atoms with Crippen molar-refractivity contribution in [1.29, 1.82) is 0 Å². The minimum absolute atomic E-state index is 0.150. The van der Waals surface area contributed by atoms with Gasteiger partial charge in [0.15, 0.2) is 0 Å². The first-order valence-electron chi connectivity index (χ1n) is 4.46. The number of rotatable bonds is 4. The molecule has 1 amide bonds. The Bertz CT molecular complexity index is 289. The number of carbonyl (C=O) groups excluding carboxylic acids is 1. The van der Waals surface area contributed by atoms with Crippen LogP contribution in [0.1, 0.15) is 17.7 Å². The monoisotopic (exact) mass is 210 g/mol. The number of nitrogens with one attached hydrogen (secondary N) is 1. The first-order valence-corrected chi connectivity index (χ1v) is 5.51. The average molecular weight is 210 g/mol. The molecule has 3 N–H and O–H groups in total. The van der Waals surface area contributed by atoms with E-state index in [4.69, 9.17) is 5.84 Å². The third-order valence-electron chi connectivity index (χ3n) is 1.82. The first-order chi connectivity index (χ1) is 6.79. The molecule has 1 unspecified atom stereocenters. The van der Waals surface area contributed by atoms with Crippen molar-refractivity contribution < 1.29 is 4.79 Å². The highest BCUT2D eigenvalue weighted by Gasteiger charge is 2.18. The van der Waals surface area contributed by atoms with Gasteiger partial charge in [0.2, 0.25) is 0 Å². The van der Waals surface area contributed by atoms with Gasteiger partial charge in [0.1, 0.15) is 5.25 Å². The van der Waals surface area contributed by atoms with Crippen LogP contribution in [0.4, 0.5) is 0 Å². The van der Waals surface area contributed by atoms with Gasteiger partial charge in [-0.3, -0.25) is 10.2 Å². The van der Waals surface area contributed by atoms with Crippen molar-refractivity contribution in [3.05, 3.63) is 35.9 Å². The SMILES string of the molecule is CCSC(C(=O)NN)c1ccccc1. The summed E-state index contributed by atoms with van der Waals surface area (Å²) in [5, 5.41) is -0.203. The van der Waals surface area contributed by atoms with Gasteiger partial charge in [-0.2, -0.15) is 0 Å². The van der Waals surface area contributed by atoms with Crippen LogP contribution in [0.25, 0.3) is 0 Å². The van der Waals surface area contributed by atoms with E-state index in [2.05, 4.69) is 5.43 Å². The van der Waals surface area contributed by atoms with E-state index in [-0.39, 0.29) is 11.2 Å². The van der Waals surface area contributed by atoms with Gasteiger partial charge in [-0.15, -0.1) is 11.8 Å². The Hall–Kier alpha value is -1.00. The Labute approximate surface area is 88.0 Å². The van der Waals surface area contributed by atoms with Crippen molar-refractivity contribution in [3.63, 3.8) is 0 Å². The van der Waals surface area contributed by atoms with Crippen LogP contribution in [-0.2, 0) is 4.79 Å². The van der Waals surface area contributed by atoms with E-state index in [1.807, 2.05) is 37.3 Å². The molecule has 0 saturated heterocycles. The molecular weight excluding hydrogens is 196 g/mol. The third-order valence-corrected chi connectivity index (χ3v) is 2.97. The highest BCUT2D eigenvalue weighted by atomic mass is 32.2. The minimum Gasteiger partial charge on any atom is -0.293 e. The summed E-state index contributed by atoms with van der Waals surface area (Å²) in [6.45, 7) is 2.02. The number of carbonyl (C=O) groups is 1. The lowest BCUT2D eigenvalue weighted by Gasteiger charge is -2.13. The molecule has 0 fully saturated rings. The van der Waals surface area contributed by atoms with Crippen molar-refractivity contribution >= 4 is 17.7 Å². The lowest BCUT2D eigenvalue weighted by atomic mass is 10.1. The maximum atomic E-state index is 11.4. The molecule has 4 heteroatoms. The van der Waals surface area contributed by atoms with Gasteiger partial charge in [0.05, 0.1) is 0 Å². The largest absolute Gasteiger partial charge is 0.293 e. The number of benzene rings is 1. The number of hydrogen-bond donors (Lipinski definition) is 2. The molecule has 0 aliphatic rings. The molecule has 0 aromatic heterocycles. The predicted octanol–water partition coefficient (Wildman–Crippen LogP) is 1.47. The van der Waals surface area contributed by atoms with Crippen molar-refractivity contribution in [2.45, 2.75) is 12.2 Å². The Morgan fingerprint density at radius 3 is 2.64 bits per heavy atom. The zero-order chi connectivity index (χ0) is 10.4. The smallest absolute Gasteiger partial charge is 0.251 e. The van der Waals surface area contributed by atoms with Gasteiger partial charge in [0.25, 0.3) is 5.91 Å². The quantitative estimate of drug-likeness (QED) is 0.449. The molecule has 14 heavy (non-hydrogen) atoms. The van der Waals surface area contributed by atoms with Crippen molar-refractivity contribution in [3.8, 4) is 0 Å². The molecule has 0 aliphatic carbocycles. The number of hydrogen-bond acceptors (Lipinski definition) is 3. The van der Waals surface area contributed by atoms with E-state index in [9.17, 15) is 4.79 Å². The lowest BCUT2D eigenvalue weighted by Crippen LogP contribution is -2.33. The standard InChI is InChI=1S/C10H14N2OS/c1-2-14-9(10(13)12-11)8-6-4-3-5-7-8/h3-7,9H,2,11H2,1H3,(H,12,13). The van der Waals surface area contributed by atoms with E-state index >= 15 is 0 Å². The molecule has 1 rings (SSSR count). The predicted molar refractivity (Wildman–Crippen MR) is 59.6 cm³/mol. The second-order valence-corrected chi connectivity index (χ2v) is 4.14. The Balaban J connectivity index is 2.83. The molecule has 0 heterocycles. The molecular formula is C10H14N2OS. The van der Waals surface area contributed by atoms with Gasteiger partial charge < -0.3 is 0 Å². The number of thioether (sulfide) groups is 1. The second kappa shape index (κ2) is 5.67. The Kier molecular flexibility index (Phi) is 4.49. The number of hydrazine groups is 1. The van der Waals surface area contributed by atoms with Gasteiger partial charge in [-0.05, 0) is 11.3 Å². The van der Waals surface area contributed by atoms with Crippen LogP contribution in [-0.4, -0.2) is 11.7 Å². The summed E-state index contributed by atoms with van der Waals surface area (Å²) in [5.41, 5.74) is 3.18. The van der Waals surface area contributed by atoms with Crippen molar-refractivity contribution in [1.82, 2.24) is 5.43 Å². The molecule has 0 radical (unpaired) electrons. The zero-order valence-electron chi connectivity index (χ0n) is 8.07.